The molecule has 2 atom stereocenters. The summed E-state index contributed by atoms with van der Waals surface area (Å²) in [6, 6.07) is 5.61. The van der Waals surface area contributed by atoms with Crippen LogP contribution in [0.2, 0.25) is 5.02 Å². The molecule has 0 aromatic heterocycles. The minimum absolute atomic E-state index is 0.123. The first-order valence-corrected chi connectivity index (χ1v) is 8.10. The zero-order chi connectivity index (χ0) is 15.7. The third kappa shape index (κ3) is 3.59. The number of hydrogen-bond donors (Lipinski definition) is 2. The molecule has 1 aromatic rings. The van der Waals surface area contributed by atoms with Crippen LogP contribution in [0.1, 0.15) is 25.7 Å². The van der Waals surface area contributed by atoms with Gasteiger partial charge in [-0.3, -0.25) is 9.69 Å². The van der Waals surface area contributed by atoms with Crippen LogP contribution in [0.15, 0.2) is 18.2 Å². The van der Waals surface area contributed by atoms with Crippen molar-refractivity contribution in [1.29, 1.82) is 0 Å². The first-order chi connectivity index (χ1) is 10.5. The SMILES string of the molecule is CN(CC(=O)Nc1ccc(F)cc1Cl)C1CC2CCC(C1)N2. The molecule has 0 aliphatic carbocycles. The molecule has 22 heavy (non-hydrogen) atoms. The smallest absolute Gasteiger partial charge is 0.238 e. The van der Waals surface area contributed by atoms with Crippen molar-refractivity contribution in [3.05, 3.63) is 29.0 Å². The third-order valence-electron chi connectivity index (χ3n) is 4.67. The molecule has 0 saturated carbocycles. The van der Waals surface area contributed by atoms with Gasteiger partial charge in [0.25, 0.3) is 0 Å². The number of piperidine rings is 1. The molecule has 2 heterocycles. The molecule has 1 amide bonds. The lowest BCUT2D eigenvalue weighted by Gasteiger charge is -2.35. The Hall–Kier alpha value is -1.17. The summed E-state index contributed by atoms with van der Waals surface area (Å²) in [7, 11) is 1.99. The van der Waals surface area contributed by atoms with E-state index in [0.29, 0.717) is 30.4 Å². The van der Waals surface area contributed by atoms with Crippen molar-refractivity contribution in [3.63, 3.8) is 0 Å². The number of carbonyl (C=O) groups excluding carboxylic acids is 1. The summed E-state index contributed by atoms with van der Waals surface area (Å²) in [5, 5.41) is 6.57. The standard InChI is InChI=1S/C16H21ClFN3O/c1-21(13-7-11-3-4-12(8-13)19-11)9-16(22)20-15-5-2-10(18)6-14(15)17/h2,5-6,11-13,19H,3-4,7-9H2,1H3,(H,20,22). The highest BCUT2D eigenvalue weighted by Crippen LogP contribution is 2.29. The molecule has 2 saturated heterocycles. The molecular weight excluding hydrogens is 305 g/mol. The Morgan fingerprint density at radius 3 is 2.73 bits per heavy atom. The van der Waals surface area contributed by atoms with E-state index in [1.54, 1.807) is 0 Å². The highest BCUT2D eigenvalue weighted by molar-refractivity contribution is 6.33. The van der Waals surface area contributed by atoms with E-state index in [-0.39, 0.29) is 10.9 Å². The van der Waals surface area contributed by atoms with Crippen molar-refractivity contribution in [2.75, 3.05) is 18.9 Å². The van der Waals surface area contributed by atoms with Gasteiger partial charge in [0.1, 0.15) is 5.82 Å². The number of nitrogens with one attached hydrogen (secondary N) is 2. The monoisotopic (exact) mass is 325 g/mol. The summed E-state index contributed by atoms with van der Waals surface area (Å²) in [6.45, 7) is 0.317. The minimum Gasteiger partial charge on any atom is -0.324 e. The number of nitrogens with zero attached hydrogens (tertiary/aromatic N) is 1. The molecule has 3 rings (SSSR count). The van der Waals surface area contributed by atoms with Crippen molar-refractivity contribution in [1.82, 2.24) is 10.2 Å². The number of hydrogen-bond acceptors (Lipinski definition) is 3. The van der Waals surface area contributed by atoms with E-state index in [4.69, 9.17) is 11.6 Å². The Morgan fingerprint density at radius 1 is 1.41 bits per heavy atom. The first-order valence-electron chi connectivity index (χ1n) is 7.72. The van der Waals surface area contributed by atoms with E-state index in [0.717, 1.165) is 12.8 Å². The van der Waals surface area contributed by atoms with E-state index >= 15 is 0 Å². The summed E-state index contributed by atoms with van der Waals surface area (Å²) >= 11 is 5.93. The highest BCUT2D eigenvalue weighted by Gasteiger charge is 2.35. The fourth-order valence-electron chi connectivity index (χ4n) is 3.52. The minimum atomic E-state index is -0.412. The molecule has 6 heteroatoms. The Morgan fingerprint density at radius 2 is 2.09 bits per heavy atom. The van der Waals surface area contributed by atoms with Crippen LogP contribution in [0.4, 0.5) is 10.1 Å². The summed E-state index contributed by atoms with van der Waals surface area (Å²) in [4.78, 5) is 14.3. The summed E-state index contributed by atoms with van der Waals surface area (Å²) in [6.07, 6.45) is 4.67. The van der Waals surface area contributed by atoms with Gasteiger partial charge in [-0.25, -0.2) is 4.39 Å². The zero-order valence-electron chi connectivity index (χ0n) is 12.6. The van der Waals surface area contributed by atoms with E-state index in [2.05, 4.69) is 15.5 Å². The molecular formula is C16H21ClFN3O. The second-order valence-corrected chi connectivity index (χ2v) is 6.76. The number of likely N-dealkylation sites (N-methyl/N-ethyl adjacent to an activating group) is 1. The van der Waals surface area contributed by atoms with Crippen molar-refractivity contribution in [2.24, 2.45) is 0 Å². The quantitative estimate of drug-likeness (QED) is 0.894. The second kappa shape index (κ2) is 6.52. The summed E-state index contributed by atoms with van der Waals surface area (Å²) in [5.74, 6) is -0.535. The maximum Gasteiger partial charge on any atom is 0.238 e. The normalized spacial score (nSPS) is 27.2. The van der Waals surface area contributed by atoms with Crippen molar-refractivity contribution >= 4 is 23.2 Å². The molecule has 2 unspecified atom stereocenters. The number of amides is 1. The molecule has 0 radical (unpaired) electrons. The van der Waals surface area contributed by atoms with Crippen LogP contribution in [0.25, 0.3) is 0 Å². The number of halogens is 2. The number of rotatable bonds is 4. The number of anilines is 1. The maximum absolute atomic E-state index is 13.0. The lowest BCUT2D eigenvalue weighted by Crippen LogP contribution is -2.48. The van der Waals surface area contributed by atoms with Crippen LogP contribution < -0.4 is 10.6 Å². The van der Waals surface area contributed by atoms with E-state index in [1.165, 1.54) is 31.0 Å². The summed E-state index contributed by atoms with van der Waals surface area (Å²) < 4.78 is 13.0. The Labute approximate surface area is 135 Å². The maximum atomic E-state index is 13.0. The predicted molar refractivity (Wildman–Crippen MR) is 85.6 cm³/mol. The van der Waals surface area contributed by atoms with Crippen LogP contribution in [-0.2, 0) is 4.79 Å². The molecule has 2 N–H and O–H groups in total. The molecule has 4 nitrogen and oxygen atoms in total. The van der Waals surface area contributed by atoms with Crippen molar-refractivity contribution in [2.45, 2.75) is 43.8 Å². The van der Waals surface area contributed by atoms with Gasteiger partial charge in [0.15, 0.2) is 0 Å². The van der Waals surface area contributed by atoms with Gasteiger partial charge in [-0.15, -0.1) is 0 Å². The van der Waals surface area contributed by atoms with Gasteiger partial charge in [0.2, 0.25) is 5.91 Å². The van der Waals surface area contributed by atoms with Gasteiger partial charge < -0.3 is 10.6 Å². The average molecular weight is 326 g/mol. The van der Waals surface area contributed by atoms with Gasteiger partial charge in [0, 0.05) is 18.1 Å². The van der Waals surface area contributed by atoms with E-state index in [1.807, 2.05) is 7.05 Å². The van der Waals surface area contributed by atoms with Crippen molar-refractivity contribution in [3.8, 4) is 0 Å². The third-order valence-corrected chi connectivity index (χ3v) is 4.98. The molecule has 2 aliphatic rings. The molecule has 2 fully saturated rings. The molecule has 120 valence electrons. The summed E-state index contributed by atoms with van der Waals surface area (Å²) in [5.41, 5.74) is 0.451. The largest absolute Gasteiger partial charge is 0.324 e. The molecule has 1 aromatic carbocycles. The lowest BCUT2D eigenvalue weighted by atomic mass is 9.98. The average Bonchev–Trinajstić information content (AvgIpc) is 2.80. The van der Waals surface area contributed by atoms with Crippen LogP contribution in [0, 0.1) is 5.82 Å². The topological polar surface area (TPSA) is 44.4 Å². The van der Waals surface area contributed by atoms with Gasteiger partial charge in [-0.1, -0.05) is 11.6 Å². The van der Waals surface area contributed by atoms with Gasteiger partial charge in [-0.2, -0.15) is 0 Å². The zero-order valence-corrected chi connectivity index (χ0v) is 13.4. The Bertz CT molecular complexity index is 556. The Balaban J connectivity index is 1.55. The first kappa shape index (κ1) is 15.7. The van der Waals surface area contributed by atoms with E-state index in [9.17, 15) is 9.18 Å². The van der Waals surface area contributed by atoms with Gasteiger partial charge in [0.05, 0.1) is 17.3 Å². The van der Waals surface area contributed by atoms with Crippen LogP contribution >= 0.6 is 11.6 Å². The van der Waals surface area contributed by atoms with Crippen LogP contribution in [0.3, 0.4) is 0 Å². The lowest BCUT2D eigenvalue weighted by molar-refractivity contribution is -0.117. The van der Waals surface area contributed by atoms with Crippen LogP contribution in [-0.4, -0.2) is 42.5 Å². The number of benzene rings is 1. The molecule has 2 bridgehead atoms. The fraction of sp³-hybridized carbons (Fsp3) is 0.562. The Kier molecular flexibility index (Phi) is 4.66. The van der Waals surface area contributed by atoms with Gasteiger partial charge >= 0.3 is 0 Å². The van der Waals surface area contributed by atoms with Crippen LogP contribution in [0.5, 0.6) is 0 Å². The van der Waals surface area contributed by atoms with Gasteiger partial charge in [-0.05, 0) is 50.9 Å². The molecule has 0 spiro atoms. The number of carbonyl (C=O) groups is 1. The number of fused-ring (bicyclic) bond motifs is 2. The molecule has 2 aliphatic heterocycles. The second-order valence-electron chi connectivity index (χ2n) is 6.35. The van der Waals surface area contributed by atoms with Crippen molar-refractivity contribution < 1.29 is 9.18 Å². The van der Waals surface area contributed by atoms with E-state index < -0.39 is 5.82 Å². The highest BCUT2D eigenvalue weighted by atomic mass is 35.5. The fourth-order valence-corrected chi connectivity index (χ4v) is 3.74. The predicted octanol–water partition coefficient (Wildman–Crippen LogP) is 2.63.